The lowest BCUT2D eigenvalue weighted by Gasteiger charge is -2.34. The number of hydrogen-bond acceptors (Lipinski definition) is 9. The number of piperidine rings is 1. The maximum absolute atomic E-state index is 12.7. The number of anilines is 5. The monoisotopic (exact) mass is 543 g/mol. The van der Waals surface area contributed by atoms with E-state index in [0.717, 1.165) is 49.2 Å². The van der Waals surface area contributed by atoms with Crippen LogP contribution in [0, 0.1) is 0 Å². The molecule has 1 aliphatic rings. The topological polar surface area (TPSA) is 117 Å². The minimum absolute atomic E-state index is 0.356. The van der Waals surface area contributed by atoms with Gasteiger partial charge in [0.1, 0.15) is 17.9 Å². The highest BCUT2D eigenvalue weighted by atomic mass is 35.5. The molecule has 2 heterocycles. The van der Waals surface area contributed by atoms with Crippen molar-refractivity contribution in [2.75, 3.05) is 62.2 Å². The third kappa shape index (κ3) is 6.93. The molecule has 0 bridgehead atoms. The maximum Gasteiger partial charge on any atom is 0.229 e. The Balaban J connectivity index is 1.49. The minimum atomic E-state index is -2.50. The van der Waals surface area contributed by atoms with Crippen molar-refractivity contribution >= 4 is 52.9 Å². The third-order valence-corrected chi connectivity index (χ3v) is 8.18. The van der Waals surface area contributed by atoms with Gasteiger partial charge in [-0.05, 0) is 50.4 Å². The van der Waals surface area contributed by atoms with E-state index in [-0.39, 0.29) is 0 Å². The van der Waals surface area contributed by atoms with Crippen molar-refractivity contribution in [2.24, 2.45) is 5.73 Å². The summed E-state index contributed by atoms with van der Waals surface area (Å²) in [4.78, 5) is 11.3. The Morgan fingerprint density at radius 2 is 1.89 bits per heavy atom. The molecule has 0 amide bonds. The van der Waals surface area contributed by atoms with Crippen molar-refractivity contribution in [2.45, 2.75) is 18.9 Å². The fourth-order valence-electron chi connectivity index (χ4n) is 4.42. The largest absolute Gasteiger partial charge is 0.494 e. The second kappa shape index (κ2) is 12.1. The molecule has 4 rings (SSSR count). The van der Waals surface area contributed by atoms with Crippen LogP contribution in [0.5, 0.6) is 5.75 Å². The first kappa shape index (κ1) is 27.2. The number of nitrogens with one attached hydrogen (secondary N) is 3. The van der Waals surface area contributed by atoms with Crippen molar-refractivity contribution in [3.05, 3.63) is 53.7 Å². The zero-order valence-electron chi connectivity index (χ0n) is 21.5. The van der Waals surface area contributed by atoms with Crippen LogP contribution in [0.25, 0.3) is 0 Å². The lowest BCUT2D eigenvalue weighted by atomic mass is 10.0. The summed E-state index contributed by atoms with van der Waals surface area (Å²) in [5, 5.41) is 11.1. The van der Waals surface area contributed by atoms with Gasteiger partial charge in [-0.25, -0.2) is 4.98 Å². The van der Waals surface area contributed by atoms with Crippen LogP contribution < -0.4 is 36.6 Å². The molecule has 3 aromatic rings. The highest BCUT2D eigenvalue weighted by Gasteiger charge is 2.20. The van der Waals surface area contributed by atoms with E-state index < -0.39 is 7.14 Å². The number of nitrogens with zero attached hydrogens (tertiary/aromatic N) is 3. The molecule has 198 valence electrons. The molecule has 0 saturated carbocycles. The SMILES string of the molecule is COc1cc(N2CCC(NCCN)CC2)ccc1Nc1ncc(Cl)c(Nc2ccccc2P(C)(C)=O)n1. The summed E-state index contributed by atoms with van der Waals surface area (Å²) in [5.41, 5.74) is 8.17. The van der Waals surface area contributed by atoms with E-state index in [9.17, 15) is 4.57 Å². The highest BCUT2D eigenvalue weighted by molar-refractivity contribution is 7.70. The lowest BCUT2D eigenvalue weighted by molar-refractivity contribution is 0.412. The van der Waals surface area contributed by atoms with Gasteiger partial charge in [-0.1, -0.05) is 23.7 Å². The summed E-state index contributed by atoms with van der Waals surface area (Å²) in [5.74, 6) is 1.47. The predicted molar refractivity (Wildman–Crippen MR) is 154 cm³/mol. The molecule has 9 nitrogen and oxygen atoms in total. The minimum Gasteiger partial charge on any atom is -0.494 e. The van der Waals surface area contributed by atoms with E-state index >= 15 is 0 Å². The summed E-state index contributed by atoms with van der Waals surface area (Å²) >= 11 is 6.39. The number of benzene rings is 2. The zero-order valence-corrected chi connectivity index (χ0v) is 23.1. The van der Waals surface area contributed by atoms with Gasteiger partial charge < -0.3 is 35.9 Å². The van der Waals surface area contributed by atoms with Gasteiger partial charge in [0.2, 0.25) is 5.95 Å². The van der Waals surface area contributed by atoms with Crippen LogP contribution in [0.1, 0.15) is 12.8 Å². The average molecular weight is 544 g/mol. The van der Waals surface area contributed by atoms with E-state index in [1.54, 1.807) is 20.4 Å². The summed E-state index contributed by atoms with van der Waals surface area (Å²) in [6, 6.07) is 14.0. The Morgan fingerprint density at radius 1 is 1.14 bits per heavy atom. The van der Waals surface area contributed by atoms with Crippen LogP contribution in [0.2, 0.25) is 5.02 Å². The van der Waals surface area contributed by atoms with E-state index in [1.807, 2.05) is 36.4 Å². The summed E-state index contributed by atoms with van der Waals surface area (Å²) in [6.07, 6.45) is 3.68. The van der Waals surface area contributed by atoms with Crippen LogP contribution in [0.4, 0.5) is 28.8 Å². The normalized spacial score (nSPS) is 14.5. The number of halogens is 1. The molecule has 0 aliphatic carbocycles. The first-order chi connectivity index (χ1) is 17.8. The maximum atomic E-state index is 12.7. The first-order valence-electron chi connectivity index (χ1n) is 12.4. The molecule has 0 atom stereocenters. The molecular weight excluding hydrogens is 509 g/mol. The first-order valence-corrected chi connectivity index (χ1v) is 15.3. The van der Waals surface area contributed by atoms with Crippen LogP contribution in [0.15, 0.2) is 48.7 Å². The van der Waals surface area contributed by atoms with E-state index in [2.05, 4.69) is 36.9 Å². The van der Waals surface area contributed by atoms with Crippen molar-refractivity contribution in [3.8, 4) is 5.75 Å². The number of hydrogen-bond donors (Lipinski definition) is 4. The van der Waals surface area contributed by atoms with Gasteiger partial charge in [-0.15, -0.1) is 0 Å². The molecule has 37 heavy (non-hydrogen) atoms. The molecule has 1 aromatic heterocycles. The number of nitrogens with two attached hydrogens (primary N) is 1. The molecule has 1 saturated heterocycles. The van der Waals surface area contributed by atoms with Crippen LogP contribution in [0.3, 0.4) is 0 Å². The summed E-state index contributed by atoms with van der Waals surface area (Å²) in [6.45, 7) is 6.92. The Kier molecular flexibility index (Phi) is 8.92. The van der Waals surface area contributed by atoms with E-state index in [0.29, 0.717) is 40.8 Å². The van der Waals surface area contributed by atoms with Gasteiger partial charge in [0.25, 0.3) is 0 Å². The van der Waals surface area contributed by atoms with Gasteiger partial charge in [-0.2, -0.15) is 4.98 Å². The Bertz CT molecular complexity index is 1260. The molecule has 0 radical (unpaired) electrons. The number of aromatic nitrogens is 2. The smallest absolute Gasteiger partial charge is 0.229 e. The molecule has 5 N–H and O–H groups in total. The third-order valence-electron chi connectivity index (χ3n) is 6.35. The number of ether oxygens (including phenoxy) is 1. The zero-order chi connectivity index (χ0) is 26.4. The Morgan fingerprint density at radius 3 is 2.59 bits per heavy atom. The average Bonchev–Trinajstić information content (AvgIpc) is 2.89. The standard InChI is InChI=1S/C26H35ClN7O2P/c1-36-23-16-19(34-14-10-18(11-15-34)29-13-12-28)8-9-21(23)32-26-30-17-20(27)25(33-26)31-22-6-4-5-7-24(22)37(2,3)35/h4-9,16-18,29H,10-15,28H2,1-3H3,(H2,30,31,32,33). The molecule has 1 fully saturated rings. The Hall–Kier alpha value is -2.84. The van der Waals surface area contributed by atoms with Crippen LogP contribution in [-0.2, 0) is 4.57 Å². The predicted octanol–water partition coefficient (Wildman–Crippen LogP) is 4.39. The molecule has 0 spiro atoms. The van der Waals surface area contributed by atoms with Crippen LogP contribution in [-0.4, -0.2) is 62.6 Å². The van der Waals surface area contributed by atoms with Gasteiger partial charge in [-0.3, -0.25) is 0 Å². The van der Waals surface area contributed by atoms with E-state index in [4.69, 9.17) is 22.1 Å². The number of para-hydroxylation sites is 1. The molecule has 1 aliphatic heterocycles. The van der Waals surface area contributed by atoms with Crippen LogP contribution >= 0.6 is 18.7 Å². The van der Waals surface area contributed by atoms with E-state index in [1.165, 1.54) is 6.20 Å². The molecule has 2 aromatic carbocycles. The van der Waals surface area contributed by atoms with Gasteiger partial charge in [0.05, 0.1) is 24.7 Å². The summed E-state index contributed by atoms with van der Waals surface area (Å²) < 4.78 is 18.4. The van der Waals surface area contributed by atoms with Crippen molar-refractivity contribution in [3.63, 3.8) is 0 Å². The van der Waals surface area contributed by atoms with Crippen molar-refractivity contribution in [1.29, 1.82) is 0 Å². The summed E-state index contributed by atoms with van der Waals surface area (Å²) in [7, 11) is -0.858. The second-order valence-corrected chi connectivity index (χ2v) is 13.0. The van der Waals surface area contributed by atoms with Crippen molar-refractivity contribution < 1.29 is 9.30 Å². The number of rotatable bonds is 10. The fourth-order valence-corrected chi connectivity index (χ4v) is 5.72. The second-order valence-electron chi connectivity index (χ2n) is 9.40. The molecule has 0 unspecified atom stereocenters. The number of methoxy groups -OCH3 is 1. The Labute approximate surface area is 223 Å². The van der Waals surface area contributed by atoms with Crippen molar-refractivity contribution in [1.82, 2.24) is 15.3 Å². The van der Waals surface area contributed by atoms with Gasteiger partial charge in [0.15, 0.2) is 5.82 Å². The van der Waals surface area contributed by atoms with Gasteiger partial charge in [0, 0.05) is 49.3 Å². The van der Waals surface area contributed by atoms with Gasteiger partial charge >= 0.3 is 0 Å². The molecular formula is C26H35ClN7O2P. The fraction of sp³-hybridized carbons (Fsp3) is 0.385. The highest BCUT2D eigenvalue weighted by Crippen LogP contribution is 2.39. The quantitative estimate of drug-likeness (QED) is 0.276. The lowest BCUT2D eigenvalue weighted by Crippen LogP contribution is -2.43. The molecule has 11 heteroatoms.